The van der Waals surface area contributed by atoms with Crippen molar-refractivity contribution in [3.8, 4) is 22.1 Å². The van der Waals surface area contributed by atoms with Crippen LogP contribution in [0.4, 0.5) is 5.13 Å². The molecule has 0 saturated heterocycles. The lowest BCUT2D eigenvalue weighted by atomic mass is 10.0. The Balaban J connectivity index is 1.51. The summed E-state index contributed by atoms with van der Waals surface area (Å²) in [6, 6.07) is 7.09. The van der Waals surface area contributed by atoms with Crippen molar-refractivity contribution in [2.45, 2.75) is 13.5 Å². The molecule has 4 heterocycles. The van der Waals surface area contributed by atoms with E-state index in [9.17, 15) is 4.79 Å². The second kappa shape index (κ2) is 9.67. The number of nitrogens with one attached hydrogen (secondary N) is 1. The van der Waals surface area contributed by atoms with Crippen molar-refractivity contribution in [1.29, 1.82) is 0 Å². The number of rotatable bonds is 7. The second-order valence-electron chi connectivity index (χ2n) is 6.53. The molecule has 9 nitrogen and oxygen atoms in total. The van der Waals surface area contributed by atoms with Crippen molar-refractivity contribution >= 4 is 34.0 Å². The van der Waals surface area contributed by atoms with Crippen LogP contribution in [-0.4, -0.2) is 38.2 Å². The number of hydrogen-bond donors (Lipinski definition) is 1. The molecule has 0 bridgehead atoms. The highest BCUT2D eigenvalue weighted by atomic mass is 35.5. The van der Waals surface area contributed by atoms with Gasteiger partial charge in [-0.2, -0.15) is 0 Å². The summed E-state index contributed by atoms with van der Waals surface area (Å²) in [6.07, 6.45) is 6.29. The molecule has 11 heteroatoms. The quantitative estimate of drug-likeness (QED) is 0.429. The summed E-state index contributed by atoms with van der Waals surface area (Å²) >= 11 is 6.93. The van der Waals surface area contributed by atoms with Crippen molar-refractivity contribution in [3.05, 3.63) is 71.0 Å². The average Bonchev–Trinajstić information content (AvgIpc) is 3.25. The molecular formula is C21H17ClN6O3S. The third kappa shape index (κ3) is 4.98. The Labute approximate surface area is 192 Å². The molecular weight excluding hydrogens is 452 g/mol. The van der Waals surface area contributed by atoms with E-state index in [1.54, 1.807) is 37.7 Å². The molecule has 0 aliphatic heterocycles. The molecule has 0 atom stereocenters. The van der Waals surface area contributed by atoms with Crippen LogP contribution in [0.1, 0.15) is 21.7 Å². The maximum atomic E-state index is 13.0. The molecule has 1 N–H and O–H groups in total. The van der Waals surface area contributed by atoms with Crippen molar-refractivity contribution in [3.63, 3.8) is 0 Å². The highest BCUT2D eigenvalue weighted by Gasteiger charge is 2.19. The van der Waals surface area contributed by atoms with E-state index in [0.717, 1.165) is 22.6 Å². The number of nitrogens with zero attached hydrogens (tertiary/aromatic N) is 5. The standard InChI is InChI=1S/C21H17ClN6O3S/c1-12-7-16(15-5-6-23-10-18(15)30-2)17(9-24-12)19(29)26-20-27-28-21(32-20)31-11-14-4-3-13(22)8-25-14/h3-10H,11H2,1-2H3,(H,26,27,29). The predicted octanol–water partition coefficient (Wildman–Crippen LogP) is 4.19. The Hall–Kier alpha value is -3.63. The molecule has 0 aliphatic carbocycles. The van der Waals surface area contributed by atoms with Gasteiger partial charge in [-0.1, -0.05) is 16.7 Å². The second-order valence-corrected chi connectivity index (χ2v) is 7.91. The number of amides is 1. The summed E-state index contributed by atoms with van der Waals surface area (Å²) in [5.41, 5.74) is 3.22. The molecule has 1 amide bonds. The van der Waals surface area contributed by atoms with E-state index in [2.05, 4.69) is 30.5 Å². The van der Waals surface area contributed by atoms with E-state index >= 15 is 0 Å². The zero-order valence-electron chi connectivity index (χ0n) is 17.1. The molecule has 4 rings (SSSR count). The summed E-state index contributed by atoms with van der Waals surface area (Å²) in [6.45, 7) is 2.05. The van der Waals surface area contributed by atoms with Gasteiger partial charge >= 0.3 is 0 Å². The van der Waals surface area contributed by atoms with Crippen LogP contribution in [-0.2, 0) is 6.61 Å². The first-order valence-corrected chi connectivity index (χ1v) is 10.6. The molecule has 4 aromatic rings. The van der Waals surface area contributed by atoms with Crippen LogP contribution >= 0.6 is 22.9 Å². The van der Waals surface area contributed by atoms with Crippen LogP contribution in [0.2, 0.25) is 5.02 Å². The van der Waals surface area contributed by atoms with Gasteiger partial charge in [-0.15, -0.1) is 5.10 Å². The molecule has 0 saturated carbocycles. The molecule has 32 heavy (non-hydrogen) atoms. The fraction of sp³-hybridized carbons (Fsp3) is 0.143. The van der Waals surface area contributed by atoms with Gasteiger partial charge < -0.3 is 9.47 Å². The third-order valence-corrected chi connectivity index (χ3v) is 5.31. The Kier molecular flexibility index (Phi) is 6.52. The minimum atomic E-state index is -0.381. The summed E-state index contributed by atoms with van der Waals surface area (Å²) in [7, 11) is 1.55. The van der Waals surface area contributed by atoms with Gasteiger partial charge in [0.25, 0.3) is 11.1 Å². The smallest absolute Gasteiger partial charge is 0.296 e. The minimum Gasteiger partial charge on any atom is -0.494 e. The van der Waals surface area contributed by atoms with Crippen LogP contribution in [0.15, 0.2) is 49.1 Å². The highest BCUT2D eigenvalue weighted by molar-refractivity contribution is 7.17. The maximum Gasteiger partial charge on any atom is 0.296 e. The number of aryl methyl sites for hydroxylation is 1. The first kappa shape index (κ1) is 21.6. The molecule has 162 valence electrons. The number of hydrogen-bond acceptors (Lipinski definition) is 9. The largest absolute Gasteiger partial charge is 0.494 e. The van der Waals surface area contributed by atoms with E-state index in [0.29, 0.717) is 37.9 Å². The van der Waals surface area contributed by atoms with Crippen molar-refractivity contribution in [1.82, 2.24) is 25.1 Å². The molecule has 0 fully saturated rings. The van der Waals surface area contributed by atoms with Gasteiger partial charge in [0.2, 0.25) is 5.13 Å². The SMILES string of the molecule is COc1cnccc1-c1cc(C)ncc1C(=O)Nc1nnc(OCc2ccc(Cl)cn2)s1. The minimum absolute atomic E-state index is 0.202. The maximum absolute atomic E-state index is 13.0. The summed E-state index contributed by atoms with van der Waals surface area (Å²) in [5.74, 6) is 0.169. The monoisotopic (exact) mass is 468 g/mol. The Bertz CT molecular complexity index is 1250. The van der Waals surface area contributed by atoms with Crippen LogP contribution in [0, 0.1) is 6.92 Å². The molecule has 0 unspecified atom stereocenters. The number of pyridine rings is 3. The van der Waals surface area contributed by atoms with Crippen molar-refractivity contribution < 1.29 is 14.3 Å². The van der Waals surface area contributed by atoms with E-state index < -0.39 is 0 Å². The van der Waals surface area contributed by atoms with Crippen molar-refractivity contribution in [2.24, 2.45) is 0 Å². The number of aromatic nitrogens is 5. The van der Waals surface area contributed by atoms with Crippen LogP contribution in [0.25, 0.3) is 11.1 Å². The lowest BCUT2D eigenvalue weighted by molar-refractivity contribution is 0.102. The summed E-state index contributed by atoms with van der Waals surface area (Å²) < 4.78 is 11.0. The van der Waals surface area contributed by atoms with Gasteiger partial charge in [-0.05, 0) is 42.5 Å². The fourth-order valence-corrected chi connectivity index (χ4v) is 3.54. The third-order valence-electron chi connectivity index (χ3n) is 4.34. The van der Waals surface area contributed by atoms with Crippen LogP contribution < -0.4 is 14.8 Å². The molecule has 0 spiro atoms. The highest BCUT2D eigenvalue weighted by Crippen LogP contribution is 2.32. The normalized spacial score (nSPS) is 10.6. The lowest BCUT2D eigenvalue weighted by Gasteiger charge is -2.12. The molecule has 0 aromatic carbocycles. The number of anilines is 1. The molecule has 0 aliphatic rings. The molecule has 4 aromatic heterocycles. The number of carbonyl (C=O) groups excluding carboxylic acids is 1. The summed E-state index contributed by atoms with van der Waals surface area (Å²) in [4.78, 5) is 25.5. The number of halogens is 1. The average molecular weight is 469 g/mol. The first-order valence-electron chi connectivity index (χ1n) is 9.36. The van der Waals surface area contributed by atoms with Crippen molar-refractivity contribution in [2.75, 3.05) is 12.4 Å². The van der Waals surface area contributed by atoms with E-state index in [1.807, 2.05) is 13.0 Å². The number of ether oxygens (including phenoxy) is 2. The van der Waals surface area contributed by atoms with Gasteiger partial charge in [0.05, 0.1) is 29.6 Å². The molecule has 0 radical (unpaired) electrons. The van der Waals surface area contributed by atoms with Crippen LogP contribution in [0.5, 0.6) is 10.9 Å². The predicted molar refractivity (Wildman–Crippen MR) is 120 cm³/mol. The zero-order chi connectivity index (χ0) is 22.5. The Morgan fingerprint density at radius 3 is 2.78 bits per heavy atom. The fourth-order valence-electron chi connectivity index (χ4n) is 2.84. The lowest BCUT2D eigenvalue weighted by Crippen LogP contribution is -2.14. The van der Waals surface area contributed by atoms with E-state index in [-0.39, 0.29) is 12.5 Å². The Morgan fingerprint density at radius 2 is 2.00 bits per heavy atom. The van der Waals surface area contributed by atoms with E-state index in [1.165, 1.54) is 12.4 Å². The number of methoxy groups -OCH3 is 1. The van der Waals surface area contributed by atoms with Gasteiger partial charge in [0.15, 0.2) is 0 Å². The Morgan fingerprint density at radius 1 is 1.12 bits per heavy atom. The number of carbonyl (C=O) groups is 1. The van der Waals surface area contributed by atoms with Crippen LogP contribution in [0.3, 0.4) is 0 Å². The summed E-state index contributed by atoms with van der Waals surface area (Å²) in [5, 5.41) is 11.8. The van der Waals surface area contributed by atoms with Gasteiger partial charge in [0.1, 0.15) is 12.4 Å². The first-order chi connectivity index (χ1) is 15.5. The topological polar surface area (TPSA) is 112 Å². The van der Waals surface area contributed by atoms with Gasteiger partial charge in [0, 0.05) is 35.4 Å². The van der Waals surface area contributed by atoms with E-state index in [4.69, 9.17) is 21.1 Å². The van der Waals surface area contributed by atoms with Gasteiger partial charge in [-0.25, -0.2) is 0 Å². The van der Waals surface area contributed by atoms with Gasteiger partial charge in [-0.3, -0.25) is 25.1 Å². The zero-order valence-corrected chi connectivity index (χ0v) is 18.6.